The van der Waals surface area contributed by atoms with E-state index >= 15 is 0 Å². The Morgan fingerprint density at radius 2 is 0.761 bits per heavy atom. The van der Waals surface area contributed by atoms with Crippen molar-refractivity contribution in [3.63, 3.8) is 0 Å². The minimum Gasteiger partial charge on any atom is -0.307 e. The predicted molar refractivity (Wildman–Crippen MR) is 179 cm³/mol. The number of hydrogen-bond donors (Lipinski definition) is 0. The van der Waals surface area contributed by atoms with Crippen LogP contribution in [-0.2, 0) is 0 Å². The van der Waals surface area contributed by atoms with Gasteiger partial charge in [-0.3, -0.25) is 0 Å². The largest absolute Gasteiger partial charge is 0.307 e. The maximum atomic E-state index is 10.6. The van der Waals surface area contributed by atoms with E-state index in [1.54, 1.807) is 24.3 Å². The SMILES string of the molecule is N#Cc1cc(C#N)c(-n2c3ccccc3c3ccccc32)c(-c2cc(C#N)c(-n3c4ccccc4c4ccccc43)c(C#N)c2)c1. The summed E-state index contributed by atoms with van der Waals surface area (Å²) < 4.78 is 4.02. The molecule has 8 aromatic rings. The Morgan fingerprint density at radius 3 is 1.15 bits per heavy atom. The fourth-order valence-electron chi connectivity index (χ4n) is 6.77. The lowest BCUT2D eigenvalue weighted by atomic mass is 9.93. The van der Waals surface area contributed by atoms with Gasteiger partial charge >= 0.3 is 0 Å². The van der Waals surface area contributed by atoms with Crippen molar-refractivity contribution < 1.29 is 0 Å². The van der Waals surface area contributed by atoms with Crippen LogP contribution in [-0.4, -0.2) is 9.13 Å². The van der Waals surface area contributed by atoms with Crippen molar-refractivity contribution in [2.75, 3.05) is 0 Å². The molecule has 0 aliphatic carbocycles. The maximum Gasteiger partial charge on any atom is 0.101 e. The average Bonchev–Trinajstić information content (AvgIpc) is 3.63. The topological polar surface area (TPSA) is 105 Å². The van der Waals surface area contributed by atoms with Crippen LogP contribution < -0.4 is 0 Å². The summed E-state index contributed by atoms with van der Waals surface area (Å²) in [7, 11) is 0. The lowest BCUT2D eigenvalue weighted by molar-refractivity contribution is 1.15. The molecule has 6 nitrogen and oxygen atoms in total. The van der Waals surface area contributed by atoms with E-state index in [-0.39, 0.29) is 0 Å². The normalized spacial score (nSPS) is 11.0. The number of rotatable bonds is 3. The Balaban J connectivity index is 1.49. The molecule has 0 unspecified atom stereocenters. The smallest absolute Gasteiger partial charge is 0.101 e. The molecular weight excluding hydrogens is 564 g/mol. The zero-order valence-corrected chi connectivity index (χ0v) is 24.2. The van der Waals surface area contributed by atoms with Crippen LogP contribution in [0.5, 0.6) is 0 Å². The number of nitrogens with zero attached hydrogens (tertiary/aromatic N) is 6. The fraction of sp³-hybridized carbons (Fsp3) is 0. The Kier molecular flexibility index (Phi) is 5.91. The highest BCUT2D eigenvalue weighted by atomic mass is 15.0. The zero-order valence-electron chi connectivity index (χ0n) is 24.2. The second-order valence-electron chi connectivity index (χ2n) is 11.0. The molecule has 0 bridgehead atoms. The van der Waals surface area contributed by atoms with Gasteiger partial charge in [-0.1, -0.05) is 72.8 Å². The van der Waals surface area contributed by atoms with Crippen LogP contribution in [0.2, 0.25) is 0 Å². The van der Waals surface area contributed by atoms with Gasteiger partial charge < -0.3 is 9.13 Å². The zero-order chi connectivity index (χ0) is 31.4. The number of fused-ring (bicyclic) bond motifs is 6. The van der Waals surface area contributed by atoms with E-state index < -0.39 is 0 Å². The molecule has 0 saturated carbocycles. The maximum absolute atomic E-state index is 10.6. The van der Waals surface area contributed by atoms with Crippen LogP contribution in [0, 0.1) is 45.3 Å². The van der Waals surface area contributed by atoms with Gasteiger partial charge in [0, 0.05) is 27.1 Å². The van der Waals surface area contributed by atoms with Gasteiger partial charge in [0.05, 0.1) is 61.8 Å². The molecule has 6 aromatic carbocycles. The third kappa shape index (κ3) is 3.73. The van der Waals surface area contributed by atoms with Crippen LogP contribution in [0.3, 0.4) is 0 Å². The summed E-state index contributed by atoms with van der Waals surface area (Å²) in [4.78, 5) is 0. The molecule has 0 amide bonds. The molecule has 0 radical (unpaired) electrons. The number of hydrogen-bond acceptors (Lipinski definition) is 4. The molecule has 6 heteroatoms. The van der Waals surface area contributed by atoms with Gasteiger partial charge in [0.15, 0.2) is 0 Å². The summed E-state index contributed by atoms with van der Waals surface area (Å²) in [5, 5.41) is 45.7. The van der Waals surface area contributed by atoms with Crippen LogP contribution in [0.1, 0.15) is 22.3 Å². The first kappa shape index (κ1) is 26.5. The molecule has 0 spiro atoms. The first-order chi connectivity index (χ1) is 22.7. The number of aromatic nitrogens is 2. The second kappa shape index (κ2) is 10.3. The fourth-order valence-corrected chi connectivity index (χ4v) is 6.77. The molecule has 46 heavy (non-hydrogen) atoms. The monoisotopic (exact) mass is 584 g/mol. The summed E-state index contributed by atoms with van der Waals surface area (Å²) in [6.45, 7) is 0. The Bertz CT molecular complexity index is 2610. The summed E-state index contributed by atoms with van der Waals surface area (Å²) in [5.74, 6) is 0. The van der Waals surface area contributed by atoms with Gasteiger partial charge in [0.1, 0.15) is 18.2 Å². The molecule has 0 aliphatic heterocycles. The highest BCUT2D eigenvalue weighted by Gasteiger charge is 2.23. The summed E-state index contributed by atoms with van der Waals surface area (Å²) in [5.41, 5.74) is 6.98. The molecule has 0 N–H and O–H groups in total. The number of benzene rings is 6. The van der Waals surface area contributed by atoms with Crippen molar-refractivity contribution in [1.82, 2.24) is 9.13 Å². The summed E-state index contributed by atoms with van der Waals surface area (Å²) >= 11 is 0. The van der Waals surface area contributed by atoms with Gasteiger partial charge in [-0.15, -0.1) is 0 Å². The number of para-hydroxylation sites is 4. The quantitative estimate of drug-likeness (QED) is 0.207. The molecule has 0 saturated heterocycles. The Hall–Kier alpha value is -7.12. The summed E-state index contributed by atoms with van der Waals surface area (Å²) in [6.07, 6.45) is 0. The van der Waals surface area contributed by atoms with Crippen LogP contribution in [0.4, 0.5) is 0 Å². The molecule has 0 fully saturated rings. The van der Waals surface area contributed by atoms with Crippen LogP contribution in [0.25, 0.3) is 66.1 Å². The first-order valence-electron chi connectivity index (χ1n) is 14.6. The Labute approximate surface area is 263 Å². The van der Waals surface area contributed by atoms with Gasteiger partial charge in [0.25, 0.3) is 0 Å². The Morgan fingerprint density at radius 1 is 0.391 bits per heavy atom. The molecule has 210 valence electrons. The van der Waals surface area contributed by atoms with Crippen LogP contribution in [0.15, 0.2) is 121 Å². The van der Waals surface area contributed by atoms with Crippen LogP contribution >= 0.6 is 0 Å². The lowest BCUT2D eigenvalue weighted by Gasteiger charge is -2.18. The standard InChI is InChI=1S/C40H20N6/c41-21-25-17-27(22-42)40(46-37-15-7-3-11-32(37)33-12-4-8-16-38(33)46)34(18-25)26-19-28(23-43)39(29(20-26)24-44)45-35-13-5-1-9-30(35)31-10-2-6-14-36(31)45/h1-20H. The van der Waals surface area contributed by atoms with Crippen molar-refractivity contribution >= 4 is 43.6 Å². The molecule has 2 heterocycles. The molecular formula is C40H20N6. The van der Waals surface area contributed by atoms with Gasteiger partial charge in [-0.2, -0.15) is 21.0 Å². The first-order valence-corrected chi connectivity index (χ1v) is 14.6. The van der Waals surface area contributed by atoms with Crippen molar-refractivity contribution in [2.45, 2.75) is 0 Å². The third-order valence-corrected chi connectivity index (χ3v) is 8.63. The second-order valence-corrected chi connectivity index (χ2v) is 11.0. The lowest BCUT2D eigenvalue weighted by Crippen LogP contribution is -2.05. The van der Waals surface area contributed by atoms with E-state index in [0.29, 0.717) is 44.8 Å². The van der Waals surface area contributed by atoms with E-state index in [2.05, 4.69) is 24.3 Å². The van der Waals surface area contributed by atoms with E-state index in [1.807, 2.05) is 106 Å². The molecule has 0 atom stereocenters. The molecule has 0 aliphatic rings. The molecule has 8 rings (SSSR count). The average molecular weight is 585 g/mol. The van der Waals surface area contributed by atoms with E-state index in [1.165, 1.54) is 0 Å². The van der Waals surface area contributed by atoms with Crippen molar-refractivity contribution in [3.05, 3.63) is 144 Å². The van der Waals surface area contributed by atoms with Gasteiger partial charge in [-0.05, 0) is 54.1 Å². The highest BCUT2D eigenvalue weighted by molar-refractivity contribution is 6.11. The predicted octanol–water partition coefficient (Wildman–Crippen LogP) is 9.03. The van der Waals surface area contributed by atoms with Crippen molar-refractivity contribution in [3.8, 4) is 46.8 Å². The third-order valence-electron chi connectivity index (χ3n) is 8.63. The van der Waals surface area contributed by atoms with E-state index in [9.17, 15) is 21.0 Å². The van der Waals surface area contributed by atoms with Gasteiger partial charge in [-0.25, -0.2) is 0 Å². The van der Waals surface area contributed by atoms with E-state index in [4.69, 9.17) is 0 Å². The number of nitriles is 4. The minimum atomic E-state index is 0.301. The molecule has 2 aromatic heterocycles. The van der Waals surface area contributed by atoms with Gasteiger partial charge in [0.2, 0.25) is 0 Å². The van der Waals surface area contributed by atoms with E-state index in [0.717, 1.165) is 43.6 Å². The minimum absolute atomic E-state index is 0.301. The van der Waals surface area contributed by atoms with Crippen molar-refractivity contribution in [1.29, 1.82) is 21.0 Å². The summed E-state index contributed by atoms with van der Waals surface area (Å²) in [6, 6.07) is 47.9. The highest BCUT2D eigenvalue weighted by Crippen LogP contribution is 2.41. The van der Waals surface area contributed by atoms with Crippen molar-refractivity contribution in [2.24, 2.45) is 0 Å².